The van der Waals surface area contributed by atoms with Crippen LogP contribution in [0.5, 0.6) is 0 Å². The van der Waals surface area contributed by atoms with Crippen LogP contribution in [0.4, 0.5) is 5.69 Å². The minimum Gasteiger partial charge on any atom is -0.450 e. The molecule has 1 aromatic heterocycles. The number of nitro groups is 1. The minimum absolute atomic E-state index is 0.00894. The molecule has 0 unspecified atom stereocenters. The summed E-state index contributed by atoms with van der Waals surface area (Å²) in [5.74, 6) is 0.104. The highest BCUT2D eigenvalue weighted by Crippen LogP contribution is 2.35. The van der Waals surface area contributed by atoms with Crippen LogP contribution in [0.3, 0.4) is 0 Å². The maximum absolute atomic E-state index is 12.7. The van der Waals surface area contributed by atoms with Crippen LogP contribution < -0.4 is 0 Å². The Labute approximate surface area is 173 Å². The summed E-state index contributed by atoms with van der Waals surface area (Å²) in [6.45, 7) is 0.429. The summed E-state index contributed by atoms with van der Waals surface area (Å²) >= 11 is 0. The predicted octanol–water partition coefficient (Wildman–Crippen LogP) is 4.19. The lowest BCUT2D eigenvalue weighted by molar-refractivity contribution is -0.384. The molecular weight excluding hydrogens is 388 g/mol. The zero-order valence-electron chi connectivity index (χ0n) is 16.6. The van der Waals surface area contributed by atoms with Crippen molar-refractivity contribution in [1.82, 2.24) is 4.90 Å². The second-order valence-corrected chi connectivity index (χ2v) is 7.89. The minimum atomic E-state index is -0.700. The van der Waals surface area contributed by atoms with Crippen LogP contribution in [0, 0.1) is 16.0 Å². The van der Waals surface area contributed by atoms with Crippen LogP contribution in [0.1, 0.15) is 49.1 Å². The van der Waals surface area contributed by atoms with Gasteiger partial charge in [0.05, 0.1) is 4.92 Å². The fraction of sp³-hybridized carbons (Fsp3) is 0.455. The van der Waals surface area contributed by atoms with Crippen molar-refractivity contribution in [1.29, 1.82) is 0 Å². The van der Waals surface area contributed by atoms with Gasteiger partial charge in [-0.3, -0.25) is 14.9 Å². The summed E-state index contributed by atoms with van der Waals surface area (Å²) in [4.78, 5) is 37.2. The normalized spacial score (nSPS) is 21.0. The van der Waals surface area contributed by atoms with Crippen LogP contribution in [-0.2, 0) is 9.53 Å². The van der Waals surface area contributed by atoms with E-state index in [1.54, 1.807) is 18.2 Å². The van der Waals surface area contributed by atoms with Crippen LogP contribution in [0.25, 0.3) is 11.3 Å². The number of nitro benzene ring substituents is 1. The van der Waals surface area contributed by atoms with Crippen LogP contribution in [0.15, 0.2) is 40.8 Å². The van der Waals surface area contributed by atoms with Gasteiger partial charge in [0.1, 0.15) is 5.76 Å². The lowest BCUT2D eigenvalue weighted by Gasteiger charge is -2.44. The number of hydrogen-bond acceptors (Lipinski definition) is 6. The van der Waals surface area contributed by atoms with E-state index in [1.165, 1.54) is 37.5 Å². The first-order valence-corrected chi connectivity index (χ1v) is 10.3. The largest absolute Gasteiger partial charge is 0.450 e. The SMILES string of the molecule is O=C(OCC(=O)N1CCC[C@@H]2CCCC[C@H]21)c1ccc(-c2ccc([N+](=O)[O-])cc2)o1. The van der Waals surface area contributed by atoms with Crippen molar-refractivity contribution in [2.45, 2.75) is 44.6 Å². The number of piperidine rings is 1. The standard InChI is InChI=1S/C22H24N2O6/c25-21(23-13-3-5-15-4-1-2-6-18(15)23)14-29-22(26)20-12-11-19(30-20)16-7-9-17(10-8-16)24(27)28/h7-12,15,18H,1-6,13-14H2/t15-,18+/m0/s1. The van der Waals surface area contributed by atoms with E-state index in [4.69, 9.17) is 9.15 Å². The Morgan fingerprint density at radius 1 is 1.07 bits per heavy atom. The topological polar surface area (TPSA) is 103 Å². The number of esters is 1. The summed E-state index contributed by atoms with van der Waals surface area (Å²) in [7, 11) is 0. The molecular formula is C22H24N2O6. The van der Waals surface area contributed by atoms with Crippen molar-refractivity contribution < 1.29 is 23.7 Å². The van der Waals surface area contributed by atoms with E-state index >= 15 is 0 Å². The van der Waals surface area contributed by atoms with E-state index in [-0.39, 0.29) is 30.0 Å². The van der Waals surface area contributed by atoms with Gasteiger partial charge < -0.3 is 14.1 Å². The molecule has 1 aliphatic heterocycles. The Morgan fingerprint density at radius 3 is 2.57 bits per heavy atom. The lowest BCUT2D eigenvalue weighted by atomic mass is 9.78. The second-order valence-electron chi connectivity index (χ2n) is 7.89. The third-order valence-electron chi connectivity index (χ3n) is 6.06. The van der Waals surface area contributed by atoms with Gasteiger partial charge in [-0.1, -0.05) is 12.8 Å². The van der Waals surface area contributed by atoms with Crippen molar-refractivity contribution in [2.24, 2.45) is 5.92 Å². The van der Waals surface area contributed by atoms with Gasteiger partial charge in [-0.25, -0.2) is 4.79 Å². The number of non-ortho nitro benzene ring substituents is 1. The van der Waals surface area contributed by atoms with Gasteiger partial charge >= 0.3 is 5.97 Å². The molecule has 8 heteroatoms. The van der Waals surface area contributed by atoms with Crippen molar-refractivity contribution in [3.63, 3.8) is 0 Å². The van der Waals surface area contributed by atoms with E-state index in [1.807, 2.05) is 4.90 Å². The molecule has 0 N–H and O–H groups in total. The molecule has 2 atom stereocenters. The molecule has 158 valence electrons. The molecule has 1 aliphatic carbocycles. The average molecular weight is 412 g/mol. The third kappa shape index (κ3) is 4.22. The molecule has 8 nitrogen and oxygen atoms in total. The fourth-order valence-corrected chi connectivity index (χ4v) is 4.57. The molecule has 1 amide bonds. The number of nitrogens with zero attached hydrogens (tertiary/aromatic N) is 2. The molecule has 0 radical (unpaired) electrons. The average Bonchev–Trinajstić information content (AvgIpc) is 3.27. The molecule has 1 saturated carbocycles. The summed E-state index contributed by atoms with van der Waals surface area (Å²) in [5, 5.41) is 10.8. The van der Waals surface area contributed by atoms with Crippen molar-refractivity contribution in [2.75, 3.05) is 13.2 Å². The van der Waals surface area contributed by atoms with Gasteiger partial charge in [-0.05, 0) is 55.9 Å². The summed E-state index contributed by atoms with van der Waals surface area (Å²) in [5.41, 5.74) is 0.578. The molecule has 2 fully saturated rings. The maximum Gasteiger partial charge on any atom is 0.374 e. The fourth-order valence-electron chi connectivity index (χ4n) is 4.57. The molecule has 0 spiro atoms. The number of carbonyl (C=O) groups excluding carboxylic acids is 2. The Hall–Kier alpha value is -3.16. The third-order valence-corrected chi connectivity index (χ3v) is 6.06. The molecule has 1 saturated heterocycles. The van der Waals surface area contributed by atoms with E-state index in [9.17, 15) is 19.7 Å². The van der Waals surface area contributed by atoms with Crippen molar-refractivity contribution in [3.8, 4) is 11.3 Å². The number of benzene rings is 1. The van der Waals surface area contributed by atoms with Crippen LogP contribution >= 0.6 is 0 Å². The maximum atomic E-state index is 12.7. The smallest absolute Gasteiger partial charge is 0.374 e. The predicted molar refractivity (Wildman–Crippen MR) is 108 cm³/mol. The highest BCUT2D eigenvalue weighted by molar-refractivity contribution is 5.89. The number of carbonyl (C=O) groups is 2. The molecule has 2 aliphatic rings. The van der Waals surface area contributed by atoms with Gasteiger partial charge in [0, 0.05) is 30.3 Å². The van der Waals surface area contributed by atoms with Gasteiger partial charge in [-0.2, -0.15) is 0 Å². The number of ether oxygens (including phenoxy) is 1. The van der Waals surface area contributed by atoms with Gasteiger partial charge in [0.15, 0.2) is 6.61 Å². The van der Waals surface area contributed by atoms with Crippen molar-refractivity contribution >= 4 is 17.6 Å². The number of rotatable bonds is 5. The number of hydrogen-bond donors (Lipinski definition) is 0. The molecule has 0 bridgehead atoms. The Morgan fingerprint density at radius 2 is 1.80 bits per heavy atom. The first-order valence-electron chi connectivity index (χ1n) is 10.3. The first-order chi connectivity index (χ1) is 14.5. The zero-order valence-corrected chi connectivity index (χ0v) is 16.6. The van der Waals surface area contributed by atoms with Gasteiger partial charge in [0.25, 0.3) is 11.6 Å². The Bertz CT molecular complexity index is 933. The molecule has 2 aromatic rings. The highest BCUT2D eigenvalue weighted by atomic mass is 16.6. The molecule has 2 heterocycles. The number of fused-ring (bicyclic) bond motifs is 1. The monoisotopic (exact) mass is 412 g/mol. The Kier molecular flexibility index (Phi) is 5.83. The van der Waals surface area contributed by atoms with E-state index < -0.39 is 10.9 Å². The number of amides is 1. The van der Waals surface area contributed by atoms with E-state index in [2.05, 4.69) is 0 Å². The lowest BCUT2D eigenvalue weighted by Crippen LogP contribution is -2.50. The van der Waals surface area contributed by atoms with Crippen LogP contribution in [-0.4, -0.2) is 40.9 Å². The zero-order chi connectivity index (χ0) is 21.1. The summed E-state index contributed by atoms with van der Waals surface area (Å²) in [6.07, 6.45) is 6.74. The molecule has 1 aromatic carbocycles. The molecule has 4 rings (SSSR count). The van der Waals surface area contributed by atoms with E-state index in [0.29, 0.717) is 17.2 Å². The quantitative estimate of drug-likeness (QED) is 0.414. The Balaban J connectivity index is 1.35. The van der Waals surface area contributed by atoms with Gasteiger partial charge in [0.2, 0.25) is 5.76 Å². The van der Waals surface area contributed by atoms with Crippen molar-refractivity contribution in [3.05, 3.63) is 52.3 Å². The van der Waals surface area contributed by atoms with Gasteiger partial charge in [-0.15, -0.1) is 0 Å². The number of furan rings is 1. The molecule has 30 heavy (non-hydrogen) atoms. The first kappa shape index (κ1) is 20.1. The highest BCUT2D eigenvalue weighted by Gasteiger charge is 2.35. The van der Waals surface area contributed by atoms with E-state index in [0.717, 1.165) is 25.8 Å². The number of likely N-dealkylation sites (tertiary alicyclic amines) is 1. The second kappa shape index (κ2) is 8.69. The van der Waals surface area contributed by atoms with Crippen LogP contribution in [0.2, 0.25) is 0 Å². The summed E-state index contributed by atoms with van der Waals surface area (Å²) in [6, 6.07) is 9.17. The summed E-state index contributed by atoms with van der Waals surface area (Å²) < 4.78 is 10.7.